The third-order valence-corrected chi connectivity index (χ3v) is 2.03. The van der Waals surface area contributed by atoms with Gasteiger partial charge >= 0.3 is 6.18 Å². The van der Waals surface area contributed by atoms with E-state index in [0.717, 1.165) is 18.2 Å². The van der Waals surface area contributed by atoms with Crippen LogP contribution in [-0.4, -0.2) is 6.29 Å². The second-order valence-corrected chi connectivity index (χ2v) is 3.27. The van der Waals surface area contributed by atoms with Crippen molar-refractivity contribution >= 4 is 17.9 Å². The largest absolute Gasteiger partial charge is 0.416 e. The summed E-state index contributed by atoms with van der Waals surface area (Å²) >= 11 is 5.67. The predicted octanol–water partition coefficient (Wildman–Crippen LogP) is 3.30. The Kier molecular flexibility index (Phi) is 3.97. The lowest BCUT2D eigenvalue weighted by molar-refractivity contribution is -0.137. The first-order chi connectivity index (χ1) is 7.45. The van der Waals surface area contributed by atoms with Crippen molar-refractivity contribution in [2.75, 3.05) is 0 Å². The molecule has 1 aromatic carbocycles. The van der Waals surface area contributed by atoms with Gasteiger partial charge in [-0.2, -0.15) is 13.2 Å². The van der Waals surface area contributed by atoms with Gasteiger partial charge in [0.05, 0.1) is 17.0 Å². The van der Waals surface area contributed by atoms with Crippen molar-refractivity contribution in [3.8, 4) is 11.8 Å². The number of hydrogen-bond donors (Lipinski definition) is 0. The molecule has 0 spiro atoms. The molecule has 0 atom stereocenters. The minimum atomic E-state index is -4.42. The van der Waals surface area contributed by atoms with E-state index < -0.39 is 11.7 Å². The van der Waals surface area contributed by atoms with Crippen LogP contribution in [0, 0.1) is 11.8 Å². The molecule has 0 unspecified atom stereocenters. The minimum Gasteiger partial charge on any atom is -0.302 e. The van der Waals surface area contributed by atoms with Crippen LogP contribution in [0.5, 0.6) is 0 Å². The summed E-state index contributed by atoms with van der Waals surface area (Å²) in [5.41, 5.74) is -0.745. The van der Waals surface area contributed by atoms with E-state index in [1.165, 1.54) is 0 Å². The number of rotatable bonds is 1. The summed E-state index contributed by atoms with van der Waals surface area (Å²) in [4.78, 5) is 9.99. The van der Waals surface area contributed by atoms with Crippen LogP contribution in [0.4, 0.5) is 13.2 Å². The summed E-state index contributed by atoms with van der Waals surface area (Å²) in [6, 6.07) is 2.88. The lowest BCUT2D eigenvalue weighted by atomic mass is 10.1. The van der Waals surface area contributed by atoms with Gasteiger partial charge in [-0.05, 0) is 18.2 Å². The summed E-state index contributed by atoms with van der Waals surface area (Å²) in [5.74, 6) is 4.81. The average Bonchev–Trinajstić information content (AvgIpc) is 2.19. The van der Waals surface area contributed by atoms with Gasteiger partial charge in [0.25, 0.3) is 0 Å². The highest BCUT2D eigenvalue weighted by atomic mass is 35.5. The fourth-order valence-electron chi connectivity index (χ4n) is 0.985. The van der Waals surface area contributed by atoms with Crippen molar-refractivity contribution in [2.24, 2.45) is 0 Å². The zero-order valence-corrected chi connectivity index (χ0v) is 8.69. The van der Waals surface area contributed by atoms with Crippen molar-refractivity contribution in [1.82, 2.24) is 0 Å². The molecule has 5 heteroatoms. The van der Waals surface area contributed by atoms with Crippen molar-refractivity contribution in [3.05, 3.63) is 34.3 Å². The van der Waals surface area contributed by atoms with Crippen LogP contribution in [0.15, 0.2) is 18.2 Å². The van der Waals surface area contributed by atoms with Crippen LogP contribution in [0.25, 0.3) is 0 Å². The Balaban J connectivity index is 3.10. The molecule has 0 aromatic heterocycles. The van der Waals surface area contributed by atoms with Crippen LogP contribution >= 0.6 is 11.6 Å². The fourth-order valence-corrected chi connectivity index (χ4v) is 1.15. The van der Waals surface area contributed by atoms with Gasteiger partial charge in [-0.3, -0.25) is 0 Å². The second-order valence-electron chi connectivity index (χ2n) is 2.86. The zero-order chi connectivity index (χ0) is 12.2. The van der Waals surface area contributed by atoms with E-state index in [2.05, 4.69) is 11.8 Å². The summed E-state index contributed by atoms with van der Waals surface area (Å²) in [6.45, 7) is 0. The van der Waals surface area contributed by atoms with Gasteiger partial charge < -0.3 is 4.79 Å². The Morgan fingerprint density at radius 2 is 2.06 bits per heavy atom. The number of hydrogen-bond acceptors (Lipinski definition) is 1. The molecule has 0 fully saturated rings. The van der Waals surface area contributed by atoms with Gasteiger partial charge in [0.1, 0.15) is 6.29 Å². The van der Waals surface area contributed by atoms with Crippen molar-refractivity contribution in [1.29, 1.82) is 0 Å². The Bertz CT molecular complexity index is 455. The first-order valence-electron chi connectivity index (χ1n) is 4.24. The number of carbonyl (C=O) groups is 1. The maximum atomic E-state index is 12.3. The van der Waals surface area contributed by atoms with Crippen LogP contribution in [0.2, 0.25) is 5.02 Å². The summed E-state index contributed by atoms with van der Waals surface area (Å²) < 4.78 is 37.0. The van der Waals surface area contributed by atoms with E-state index in [4.69, 9.17) is 11.6 Å². The predicted molar refractivity (Wildman–Crippen MR) is 54.0 cm³/mol. The van der Waals surface area contributed by atoms with Gasteiger partial charge in [-0.1, -0.05) is 23.4 Å². The lowest BCUT2D eigenvalue weighted by Crippen LogP contribution is -2.04. The molecular formula is C11H6ClF3O. The molecule has 0 heterocycles. The van der Waals surface area contributed by atoms with Crippen LogP contribution < -0.4 is 0 Å². The maximum absolute atomic E-state index is 12.3. The SMILES string of the molecule is O=CCC#Cc1cc(C(F)(F)F)ccc1Cl. The quantitative estimate of drug-likeness (QED) is 0.549. The molecule has 0 N–H and O–H groups in total. The van der Waals surface area contributed by atoms with E-state index in [1.54, 1.807) is 0 Å². The third kappa shape index (κ3) is 3.28. The van der Waals surface area contributed by atoms with E-state index in [1.807, 2.05) is 0 Å². The number of halogens is 4. The van der Waals surface area contributed by atoms with Crippen molar-refractivity contribution in [3.63, 3.8) is 0 Å². The van der Waals surface area contributed by atoms with E-state index in [9.17, 15) is 18.0 Å². The molecule has 0 saturated heterocycles. The fraction of sp³-hybridized carbons (Fsp3) is 0.182. The molecule has 0 radical (unpaired) electrons. The number of carbonyl (C=O) groups excluding carboxylic acids is 1. The monoisotopic (exact) mass is 246 g/mol. The molecule has 1 rings (SSSR count). The van der Waals surface area contributed by atoms with Crippen molar-refractivity contribution in [2.45, 2.75) is 12.6 Å². The minimum absolute atomic E-state index is 0.0351. The van der Waals surface area contributed by atoms with Crippen LogP contribution in [-0.2, 0) is 11.0 Å². The van der Waals surface area contributed by atoms with Crippen molar-refractivity contribution < 1.29 is 18.0 Å². The standard InChI is InChI=1S/C11H6ClF3O/c12-10-5-4-9(11(13,14)15)7-8(10)3-1-2-6-16/h4-7H,2H2. The summed E-state index contributed by atoms with van der Waals surface area (Å²) in [7, 11) is 0. The number of alkyl halides is 3. The number of benzene rings is 1. The van der Waals surface area contributed by atoms with Crippen LogP contribution in [0.1, 0.15) is 17.5 Å². The number of aldehydes is 1. The molecule has 16 heavy (non-hydrogen) atoms. The molecule has 1 aromatic rings. The van der Waals surface area contributed by atoms with Gasteiger partial charge in [0.15, 0.2) is 0 Å². The molecule has 0 aliphatic rings. The molecule has 0 aliphatic heterocycles. The first kappa shape index (κ1) is 12.6. The van der Waals surface area contributed by atoms with Gasteiger partial charge in [0, 0.05) is 5.56 Å². The molecule has 0 amide bonds. The van der Waals surface area contributed by atoms with E-state index >= 15 is 0 Å². The molecule has 0 bridgehead atoms. The highest BCUT2D eigenvalue weighted by Crippen LogP contribution is 2.31. The second kappa shape index (κ2) is 5.04. The maximum Gasteiger partial charge on any atom is 0.416 e. The smallest absolute Gasteiger partial charge is 0.302 e. The molecule has 0 saturated carbocycles. The molecular weight excluding hydrogens is 241 g/mol. The van der Waals surface area contributed by atoms with Gasteiger partial charge in [-0.25, -0.2) is 0 Å². The topological polar surface area (TPSA) is 17.1 Å². The Morgan fingerprint density at radius 3 is 2.62 bits per heavy atom. The van der Waals surface area contributed by atoms with Gasteiger partial charge in [0.2, 0.25) is 0 Å². The zero-order valence-electron chi connectivity index (χ0n) is 7.94. The van der Waals surface area contributed by atoms with Crippen LogP contribution in [0.3, 0.4) is 0 Å². The normalized spacial score (nSPS) is 10.5. The summed E-state index contributed by atoms with van der Waals surface area (Å²) in [6.07, 6.45) is -3.90. The summed E-state index contributed by atoms with van der Waals surface area (Å²) in [5, 5.41) is 0.131. The van der Waals surface area contributed by atoms with Gasteiger partial charge in [-0.15, -0.1) is 0 Å². The average molecular weight is 247 g/mol. The third-order valence-electron chi connectivity index (χ3n) is 1.70. The van der Waals surface area contributed by atoms with E-state index in [0.29, 0.717) is 6.29 Å². The lowest BCUT2D eigenvalue weighted by Gasteiger charge is -2.07. The first-order valence-corrected chi connectivity index (χ1v) is 4.62. The molecule has 0 aliphatic carbocycles. The van der Waals surface area contributed by atoms with E-state index in [-0.39, 0.29) is 17.0 Å². The Labute approximate surface area is 95.2 Å². The Morgan fingerprint density at radius 1 is 1.38 bits per heavy atom. The highest BCUT2D eigenvalue weighted by Gasteiger charge is 2.30. The molecule has 1 nitrogen and oxygen atoms in total. The molecule has 84 valence electrons. The Hall–Kier alpha value is -1.47. The highest BCUT2D eigenvalue weighted by molar-refractivity contribution is 6.31.